The molecule has 2 saturated heterocycles. The number of ether oxygens (including phenoxy) is 2. The number of nitrogens with zero attached hydrogens (tertiary/aromatic N) is 2. The van der Waals surface area contributed by atoms with Gasteiger partial charge in [0.1, 0.15) is 16.7 Å². The summed E-state index contributed by atoms with van der Waals surface area (Å²) in [5, 5.41) is 0.330. The fraction of sp³-hybridized carbons (Fsp3) is 0.381. The predicted octanol–water partition coefficient (Wildman–Crippen LogP) is 3.70. The number of hydrogen-bond donors (Lipinski definition) is 0. The van der Waals surface area contributed by atoms with Crippen LogP contribution in [0.1, 0.15) is 24.5 Å². The highest BCUT2D eigenvalue weighted by atomic mass is 35.5. The Balaban J connectivity index is 1.44. The topological polar surface area (TPSA) is 76.2 Å². The number of carbonyl (C=O) groups excluding carboxylic acids is 1. The van der Waals surface area contributed by atoms with E-state index in [2.05, 4.69) is 0 Å². The number of hydrogen-bond acceptors (Lipinski definition) is 5. The van der Waals surface area contributed by atoms with Gasteiger partial charge in [0.05, 0.1) is 13.7 Å². The molecule has 0 radical (unpaired) electrons. The van der Waals surface area contributed by atoms with Gasteiger partial charge in [-0.15, -0.1) is 0 Å². The molecule has 2 aromatic rings. The number of amides is 1. The third kappa shape index (κ3) is 3.99. The molecule has 2 aliphatic rings. The first-order valence-corrected chi connectivity index (χ1v) is 11.6. The van der Waals surface area contributed by atoms with E-state index < -0.39 is 10.0 Å². The van der Waals surface area contributed by atoms with Gasteiger partial charge in [-0.25, -0.2) is 13.2 Å². The molecule has 2 aliphatic heterocycles. The Hall–Kier alpha value is -2.29. The largest absolute Gasteiger partial charge is 0.495 e. The summed E-state index contributed by atoms with van der Waals surface area (Å²) in [6, 6.07) is 14.1. The van der Waals surface area contributed by atoms with Crippen molar-refractivity contribution < 1.29 is 22.7 Å². The molecule has 0 bridgehead atoms. The van der Waals surface area contributed by atoms with E-state index >= 15 is 0 Å². The van der Waals surface area contributed by atoms with Crippen molar-refractivity contribution in [2.45, 2.75) is 29.9 Å². The smallest absolute Gasteiger partial charge is 0.410 e. The van der Waals surface area contributed by atoms with Crippen LogP contribution in [0, 0.1) is 0 Å². The summed E-state index contributed by atoms with van der Waals surface area (Å²) in [4.78, 5) is 14.2. The lowest BCUT2D eigenvalue weighted by molar-refractivity contribution is 0.121. The van der Waals surface area contributed by atoms with Gasteiger partial charge in [0, 0.05) is 24.2 Å². The molecule has 9 heteroatoms. The van der Waals surface area contributed by atoms with Gasteiger partial charge in [-0.3, -0.25) is 0 Å². The summed E-state index contributed by atoms with van der Waals surface area (Å²) in [6.45, 7) is 1.09. The normalized spacial score (nSPS) is 20.9. The van der Waals surface area contributed by atoms with Crippen LogP contribution in [-0.4, -0.2) is 56.5 Å². The van der Waals surface area contributed by atoms with Crippen LogP contribution in [-0.2, 0) is 14.8 Å². The highest BCUT2D eigenvalue weighted by Crippen LogP contribution is 2.34. The van der Waals surface area contributed by atoms with E-state index in [1.165, 1.54) is 17.5 Å². The molecule has 30 heavy (non-hydrogen) atoms. The minimum Gasteiger partial charge on any atom is -0.495 e. The molecule has 4 rings (SSSR count). The van der Waals surface area contributed by atoms with Crippen molar-refractivity contribution in [3.63, 3.8) is 0 Å². The zero-order chi connectivity index (χ0) is 21.3. The molecule has 0 saturated carbocycles. The first kappa shape index (κ1) is 21.0. The number of methoxy groups -OCH3 is 1. The van der Waals surface area contributed by atoms with E-state index in [1.54, 1.807) is 17.0 Å². The molecule has 0 aliphatic carbocycles. The predicted molar refractivity (Wildman–Crippen MR) is 112 cm³/mol. The molecule has 2 aromatic carbocycles. The average Bonchev–Trinajstić information content (AvgIpc) is 3.16. The van der Waals surface area contributed by atoms with Gasteiger partial charge in [0.15, 0.2) is 0 Å². The molecule has 2 heterocycles. The lowest BCUT2D eigenvalue weighted by Gasteiger charge is -2.35. The zero-order valence-corrected chi connectivity index (χ0v) is 18.1. The van der Waals surface area contributed by atoms with E-state index in [-0.39, 0.29) is 28.9 Å². The number of halogens is 1. The van der Waals surface area contributed by atoms with Crippen LogP contribution in [0.15, 0.2) is 53.4 Å². The van der Waals surface area contributed by atoms with Crippen LogP contribution < -0.4 is 4.74 Å². The van der Waals surface area contributed by atoms with Crippen molar-refractivity contribution in [2.75, 3.05) is 26.7 Å². The van der Waals surface area contributed by atoms with E-state index in [0.29, 0.717) is 37.5 Å². The second-order valence-electron chi connectivity index (χ2n) is 7.37. The SMILES string of the molecule is COc1ccc(Cl)cc1S(=O)(=O)N1CCC(N2CC(c3ccccc3)OC2=O)CC1. The minimum absolute atomic E-state index is 0.0562. The Labute approximate surface area is 181 Å². The number of benzene rings is 2. The third-order valence-electron chi connectivity index (χ3n) is 5.62. The molecular weight excluding hydrogens is 428 g/mol. The fourth-order valence-corrected chi connectivity index (χ4v) is 5.89. The monoisotopic (exact) mass is 450 g/mol. The van der Waals surface area contributed by atoms with Crippen molar-refractivity contribution in [3.8, 4) is 5.75 Å². The molecule has 0 spiro atoms. The molecule has 2 fully saturated rings. The summed E-state index contributed by atoms with van der Waals surface area (Å²) in [7, 11) is -2.33. The Bertz CT molecular complexity index is 1020. The number of carbonyl (C=O) groups is 1. The molecule has 160 valence electrons. The van der Waals surface area contributed by atoms with Gasteiger partial charge >= 0.3 is 6.09 Å². The highest BCUT2D eigenvalue weighted by molar-refractivity contribution is 7.89. The highest BCUT2D eigenvalue weighted by Gasteiger charge is 2.40. The van der Waals surface area contributed by atoms with Crippen LogP contribution in [0.4, 0.5) is 4.79 Å². The van der Waals surface area contributed by atoms with Gasteiger partial charge in [0.2, 0.25) is 10.0 Å². The van der Waals surface area contributed by atoms with Gasteiger partial charge in [-0.05, 0) is 36.6 Å². The molecular formula is C21H23ClN2O5S. The molecule has 1 unspecified atom stereocenters. The summed E-state index contributed by atoms with van der Waals surface area (Å²) in [5.41, 5.74) is 0.960. The van der Waals surface area contributed by atoms with E-state index in [1.807, 2.05) is 30.3 Å². The van der Waals surface area contributed by atoms with E-state index in [9.17, 15) is 13.2 Å². The second kappa shape index (κ2) is 8.45. The molecule has 7 nitrogen and oxygen atoms in total. The van der Waals surface area contributed by atoms with Gasteiger partial charge in [-0.1, -0.05) is 41.9 Å². The van der Waals surface area contributed by atoms with Crippen molar-refractivity contribution in [2.24, 2.45) is 0 Å². The Morgan fingerprint density at radius 2 is 1.80 bits per heavy atom. The van der Waals surface area contributed by atoms with Gasteiger partial charge < -0.3 is 14.4 Å². The van der Waals surface area contributed by atoms with E-state index in [4.69, 9.17) is 21.1 Å². The van der Waals surface area contributed by atoms with Crippen molar-refractivity contribution in [1.82, 2.24) is 9.21 Å². The first-order valence-electron chi connectivity index (χ1n) is 9.76. The summed E-state index contributed by atoms with van der Waals surface area (Å²) in [6.07, 6.45) is 0.440. The lowest BCUT2D eigenvalue weighted by atomic mass is 10.0. The molecule has 1 amide bonds. The van der Waals surface area contributed by atoms with Crippen molar-refractivity contribution >= 4 is 27.7 Å². The van der Waals surface area contributed by atoms with Gasteiger partial charge in [0.25, 0.3) is 0 Å². The average molecular weight is 451 g/mol. The minimum atomic E-state index is -3.75. The third-order valence-corrected chi connectivity index (χ3v) is 7.77. The fourth-order valence-electron chi connectivity index (χ4n) is 4.00. The van der Waals surface area contributed by atoms with Crippen LogP contribution in [0.2, 0.25) is 5.02 Å². The number of cyclic esters (lactones) is 1. The Morgan fingerprint density at radius 3 is 2.47 bits per heavy atom. The molecule has 0 aromatic heterocycles. The number of piperidine rings is 1. The van der Waals surface area contributed by atoms with Crippen molar-refractivity contribution in [3.05, 3.63) is 59.1 Å². The van der Waals surface area contributed by atoms with E-state index in [0.717, 1.165) is 5.56 Å². The van der Waals surface area contributed by atoms with Crippen LogP contribution >= 0.6 is 11.6 Å². The van der Waals surface area contributed by atoms with Crippen LogP contribution in [0.3, 0.4) is 0 Å². The number of sulfonamides is 1. The Kier molecular flexibility index (Phi) is 5.90. The zero-order valence-electron chi connectivity index (χ0n) is 16.5. The molecule has 1 atom stereocenters. The second-order valence-corrected chi connectivity index (χ2v) is 9.71. The lowest BCUT2D eigenvalue weighted by Crippen LogP contribution is -2.47. The summed E-state index contributed by atoms with van der Waals surface area (Å²) < 4.78 is 38.4. The summed E-state index contributed by atoms with van der Waals surface area (Å²) >= 11 is 6.01. The maximum atomic E-state index is 13.1. The maximum absolute atomic E-state index is 13.1. The summed E-state index contributed by atoms with van der Waals surface area (Å²) in [5.74, 6) is 0.260. The van der Waals surface area contributed by atoms with Crippen LogP contribution in [0.25, 0.3) is 0 Å². The maximum Gasteiger partial charge on any atom is 0.410 e. The first-order chi connectivity index (χ1) is 14.4. The Morgan fingerprint density at radius 1 is 1.10 bits per heavy atom. The van der Waals surface area contributed by atoms with Gasteiger partial charge in [-0.2, -0.15) is 4.31 Å². The molecule has 0 N–H and O–H groups in total. The van der Waals surface area contributed by atoms with Crippen molar-refractivity contribution in [1.29, 1.82) is 0 Å². The standard InChI is InChI=1S/C21H23ClN2O5S/c1-28-18-8-7-16(22)13-20(18)30(26,27)23-11-9-17(10-12-23)24-14-19(29-21(24)25)15-5-3-2-4-6-15/h2-8,13,17,19H,9-12,14H2,1H3. The number of rotatable bonds is 5. The quantitative estimate of drug-likeness (QED) is 0.694. The van der Waals surface area contributed by atoms with Crippen LogP contribution in [0.5, 0.6) is 5.75 Å².